The maximum atomic E-state index is 14.8. The molecule has 0 unspecified atom stereocenters. The predicted octanol–water partition coefficient (Wildman–Crippen LogP) is 4.15. The van der Waals surface area contributed by atoms with Crippen LogP contribution >= 0.6 is 0 Å². The van der Waals surface area contributed by atoms with Gasteiger partial charge in [-0.15, -0.1) is 0 Å². The van der Waals surface area contributed by atoms with Gasteiger partial charge in [-0.3, -0.25) is 9.36 Å². The summed E-state index contributed by atoms with van der Waals surface area (Å²) in [5, 5.41) is 15.1. The fourth-order valence-electron chi connectivity index (χ4n) is 4.96. The van der Waals surface area contributed by atoms with E-state index in [1.54, 1.807) is 17.6 Å². The zero-order valence-corrected chi connectivity index (χ0v) is 21.6. The fraction of sp³-hybridized carbons (Fsp3) is 0.500. The summed E-state index contributed by atoms with van der Waals surface area (Å²) in [7, 11) is 0. The molecule has 0 spiro atoms. The molecule has 0 atom stereocenters. The average Bonchev–Trinajstić information content (AvgIpc) is 3.20. The molecule has 2 fully saturated rings. The molecule has 4 N–H and O–H groups in total. The number of aliphatic imine (C=N–C) groups is 2. The van der Waals surface area contributed by atoms with Gasteiger partial charge in [0, 0.05) is 30.7 Å². The van der Waals surface area contributed by atoms with Crippen LogP contribution in [0.5, 0.6) is 0 Å². The summed E-state index contributed by atoms with van der Waals surface area (Å²) in [4.78, 5) is 25.4. The lowest BCUT2D eigenvalue weighted by Crippen LogP contribution is -2.38. The van der Waals surface area contributed by atoms with Crippen molar-refractivity contribution in [1.82, 2.24) is 14.9 Å². The van der Waals surface area contributed by atoms with Gasteiger partial charge < -0.3 is 21.1 Å². The van der Waals surface area contributed by atoms with Crippen molar-refractivity contribution < 1.29 is 18.3 Å². The number of nitrogens with zero attached hydrogens (tertiary/aromatic N) is 5. The number of carbonyl (C=O) groups excluding carboxylic acids is 1. The van der Waals surface area contributed by atoms with Crippen LogP contribution in [-0.4, -0.2) is 47.4 Å². The minimum absolute atomic E-state index is 0.120. The van der Waals surface area contributed by atoms with Gasteiger partial charge in [0.1, 0.15) is 5.69 Å². The molecule has 1 aromatic heterocycles. The van der Waals surface area contributed by atoms with Crippen LogP contribution in [0.2, 0.25) is 0 Å². The molecule has 38 heavy (non-hydrogen) atoms. The van der Waals surface area contributed by atoms with E-state index in [1.807, 2.05) is 6.92 Å². The monoisotopic (exact) mass is 526 g/mol. The number of hydrogen-bond donors (Lipinski definition) is 3. The second-order valence-corrected chi connectivity index (χ2v) is 10.0. The van der Waals surface area contributed by atoms with E-state index in [1.165, 1.54) is 0 Å². The number of rotatable bonds is 6. The number of benzene rings is 1. The number of nitrogens with one attached hydrogen (secondary N) is 2. The zero-order valence-electron chi connectivity index (χ0n) is 21.6. The SMILES string of the molecule is C=N/C(=N\c1c(C)nc(Nc2c(F)cc(C#N)cc2F)n1[C@H]1CC[C@@](C)(C(N)=O)CC1)NC1CCOCC1. The Morgan fingerprint density at radius 1 is 1.26 bits per heavy atom. The average molecular weight is 527 g/mol. The molecule has 4 rings (SSSR count). The summed E-state index contributed by atoms with van der Waals surface area (Å²) in [6.07, 6.45) is 3.83. The van der Waals surface area contributed by atoms with Gasteiger partial charge in [-0.25, -0.2) is 18.8 Å². The highest BCUT2D eigenvalue weighted by atomic mass is 19.1. The van der Waals surface area contributed by atoms with Crippen LogP contribution in [-0.2, 0) is 9.53 Å². The first kappa shape index (κ1) is 27.2. The number of carbonyl (C=O) groups is 1. The Morgan fingerprint density at radius 3 is 2.45 bits per heavy atom. The summed E-state index contributed by atoms with van der Waals surface area (Å²) < 4.78 is 36.7. The van der Waals surface area contributed by atoms with Crippen LogP contribution < -0.4 is 16.4 Å². The lowest BCUT2D eigenvalue weighted by atomic mass is 9.73. The van der Waals surface area contributed by atoms with E-state index in [0.717, 1.165) is 25.0 Å². The van der Waals surface area contributed by atoms with Crippen molar-refractivity contribution in [1.29, 1.82) is 5.26 Å². The number of primary amides is 1. The third-order valence-electron chi connectivity index (χ3n) is 7.40. The molecule has 1 aliphatic carbocycles. The van der Waals surface area contributed by atoms with Crippen molar-refractivity contribution in [3.05, 3.63) is 35.0 Å². The second-order valence-electron chi connectivity index (χ2n) is 10.0. The molecular weight excluding hydrogens is 494 g/mol. The van der Waals surface area contributed by atoms with Gasteiger partial charge in [-0.1, -0.05) is 6.92 Å². The largest absolute Gasteiger partial charge is 0.381 e. The molecule has 0 bridgehead atoms. The highest BCUT2D eigenvalue weighted by Crippen LogP contribution is 2.44. The molecule has 0 radical (unpaired) electrons. The van der Waals surface area contributed by atoms with Crippen molar-refractivity contribution >= 4 is 36.0 Å². The number of nitriles is 1. The van der Waals surface area contributed by atoms with Gasteiger partial charge in [0.05, 0.1) is 17.3 Å². The van der Waals surface area contributed by atoms with E-state index in [0.29, 0.717) is 56.4 Å². The summed E-state index contributed by atoms with van der Waals surface area (Å²) in [6.45, 7) is 8.52. The van der Waals surface area contributed by atoms with Crippen molar-refractivity contribution in [2.45, 2.75) is 64.5 Å². The summed E-state index contributed by atoms with van der Waals surface area (Å²) in [6, 6.07) is 3.60. The van der Waals surface area contributed by atoms with Crippen molar-refractivity contribution in [2.75, 3.05) is 18.5 Å². The second kappa shape index (κ2) is 11.3. The Bertz CT molecular complexity index is 1260. The topological polar surface area (TPSA) is 143 Å². The van der Waals surface area contributed by atoms with Crippen molar-refractivity contribution in [2.24, 2.45) is 21.1 Å². The first-order valence-electron chi connectivity index (χ1n) is 12.6. The number of ether oxygens (including phenoxy) is 1. The number of aromatic nitrogens is 2. The fourth-order valence-corrected chi connectivity index (χ4v) is 4.96. The number of nitrogens with two attached hydrogens (primary N) is 1. The number of aryl methyl sites for hydroxylation is 1. The zero-order chi connectivity index (χ0) is 27.4. The van der Waals surface area contributed by atoms with Gasteiger partial charge in [0.2, 0.25) is 17.8 Å². The molecule has 1 saturated carbocycles. The maximum Gasteiger partial charge on any atom is 0.224 e. The smallest absolute Gasteiger partial charge is 0.224 e. The lowest BCUT2D eigenvalue weighted by Gasteiger charge is -2.36. The van der Waals surface area contributed by atoms with E-state index in [2.05, 4.69) is 27.3 Å². The lowest BCUT2D eigenvalue weighted by molar-refractivity contribution is -0.128. The Kier molecular flexibility index (Phi) is 8.06. The first-order chi connectivity index (χ1) is 18.1. The van der Waals surface area contributed by atoms with Gasteiger partial charge in [0.15, 0.2) is 17.5 Å². The van der Waals surface area contributed by atoms with E-state index < -0.39 is 22.7 Å². The Morgan fingerprint density at radius 2 is 1.89 bits per heavy atom. The normalized spacial score (nSPS) is 22.5. The maximum absolute atomic E-state index is 14.8. The predicted molar refractivity (Wildman–Crippen MR) is 140 cm³/mol. The van der Waals surface area contributed by atoms with Gasteiger partial charge in [-0.2, -0.15) is 10.3 Å². The molecule has 2 aliphatic rings. The highest BCUT2D eigenvalue weighted by Gasteiger charge is 2.38. The molecule has 1 saturated heterocycles. The Hall–Kier alpha value is -3.85. The van der Waals surface area contributed by atoms with E-state index >= 15 is 0 Å². The molecular formula is C26H32F2N8O2. The van der Waals surface area contributed by atoms with Crippen LogP contribution in [0.15, 0.2) is 22.1 Å². The first-order valence-corrected chi connectivity index (χ1v) is 12.6. The van der Waals surface area contributed by atoms with Crippen LogP contribution in [0.1, 0.15) is 62.7 Å². The van der Waals surface area contributed by atoms with Crippen LogP contribution in [0, 0.1) is 35.3 Å². The molecule has 202 valence electrons. The summed E-state index contributed by atoms with van der Waals surface area (Å²) in [5.41, 5.74) is 4.97. The number of amides is 1. The van der Waals surface area contributed by atoms with E-state index in [4.69, 9.17) is 20.7 Å². The Labute approximate surface area is 220 Å². The van der Waals surface area contributed by atoms with Crippen molar-refractivity contribution in [3.63, 3.8) is 0 Å². The number of hydrogen-bond acceptors (Lipinski definition) is 6. The summed E-state index contributed by atoms with van der Waals surface area (Å²) >= 11 is 0. The van der Waals surface area contributed by atoms with Gasteiger partial charge in [-0.05, 0) is 64.3 Å². The number of guanidine groups is 1. The van der Waals surface area contributed by atoms with E-state index in [9.17, 15) is 13.6 Å². The van der Waals surface area contributed by atoms with Crippen molar-refractivity contribution in [3.8, 4) is 6.07 Å². The summed E-state index contributed by atoms with van der Waals surface area (Å²) in [5.74, 6) is -1.24. The minimum Gasteiger partial charge on any atom is -0.381 e. The molecule has 2 aromatic rings. The number of halogens is 2. The molecule has 1 aromatic carbocycles. The standard InChI is InChI=1S/C26H32F2N8O2/c1-15-22(35-24(31-3)33-17-6-10-38-11-7-17)36(18-4-8-26(2,9-5-18)23(30)37)25(32-15)34-21-19(27)12-16(14-29)13-20(21)28/h12-13,17-18H,3-11H2,1-2H3,(H2,30,37)(H,32,34)(H,33,35)/t18-,26+. The third kappa shape index (κ3) is 5.67. The third-order valence-corrected chi connectivity index (χ3v) is 7.40. The minimum atomic E-state index is -0.918. The number of anilines is 2. The molecule has 10 nitrogen and oxygen atoms in total. The number of imidazole rings is 1. The molecule has 1 aliphatic heterocycles. The highest BCUT2D eigenvalue weighted by molar-refractivity contribution is 5.86. The van der Waals surface area contributed by atoms with Crippen LogP contribution in [0.25, 0.3) is 0 Å². The molecule has 1 amide bonds. The Balaban J connectivity index is 1.74. The van der Waals surface area contributed by atoms with Gasteiger partial charge >= 0.3 is 0 Å². The van der Waals surface area contributed by atoms with Crippen LogP contribution in [0.3, 0.4) is 0 Å². The molecule has 12 heteroatoms. The van der Waals surface area contributed by atoms with Gasteiger partial charge in [0.25, 0.3) is 0 Å². The van der Waals surface area contributed by atoms with E-state index in [-0.39, 0.29) is 29.5 Å². The molecule has 2 heterocycles. The van der Waals surface area contributed by atoms with Crippen LogP contribution in [0.4, 0.5) is 26.2 Å². The quantitative estimate of drug-likeness (QED) is 0.381.